The van der Waals surface area contributed by atoms with E-state index >= 15 is 0 Å². The summed E-state index contributed by atoms with van der Waals surface area (Å²) in [5.74, 6) is 1.67. The van der Waals surface area contributed by atoms with Gasteiger partial charge >= 0.3 is 0 Å². The maximum atomic E-state index is 6.49. The van der Waals surface area contributed by atoms with E-state index in [-0.39, 0.29) is 0 Å². The second-order valence-corrected chi connectivity index (χ2v) is 6.93. The second-order valence-electron chi connectivity index (χ2n) is 6.55. The van der Waals surface area contributed by atoms with Gasteiger partial charge in [-0.15, -0.1) is 0 Å². The average Bonchev–Trinajstić information content (AvgIpc) is 2.75. The average molecular weight is 312 g/mol. The largest absolute Gasteiger partial charge is 0.314 e. The Kier molecular flexibility index (Phi) is 6.12. The van der Waals surface area contributed by atoms with Crippen LogP contribution < -0.4 is 5.32 Å². The van der Waals surface area contributed by atoms with E-state index in [4.69, 9.17) is 11.6 Å². The smallest absolute Gasteiger partial charge is 0.0847 e. The molecule has 1 aromatic heterocycles. The SMILES string of the molecule is CCNC(Cc1c(Cl)c(C)nn1CC)C1CCC(C)CC1. The van der Waals surface area contributed by atoms with Crippen LogP contribution in [-0.4, -0.2) is 22.4 Å². The fourth-order valence-electron chi connectivity index (χ4n) is 3.63. The zero-order valence-corrected chi connectivity index (χ0v) is 14.7. The minimum Gasteiger partial charge on any atom is -0.314 e. The van der Waals surface area contributed by atoms with Crippen LogP contribution in [0.15, 0.2) is 0 Å². The summed E-state index contributed by atoms with van der Waals surface area (Å²) in [5.41, 5.74) is 2.17. The molecule has 1 aliphatic rings. The zero-order valence-electron chi connectivity index (χ0n) is 14.0. The predicted octanol–water partition coefficient (Wildman–Crippen LogP) is 4.21. The van der Waals surface area contributed by atoms with E-state index in [0.29, 0.717) is 6.04 Å². The summed E-state index contributed by atoms with van der Waals surface area (Å²) in [5, 5.41) is 9.12. The van der Waals surface area contributed by atoms with Crippen molar-refractivity contribution >= 4 is 11.6 Å². The van der Waals surface area contributed by atoms with Crippen molar-refractivity contribution in [3.8, 4) is 0 Å². The number of aryl methyl sites for hydroxylation is 2. The summed E-state index contributed by atoms with van der Waals surface area (Å²) in [7, 11) is 0. The summed E-state index contributed by atoms with van der Waals surface area (Å²) in [6.07, 6.45) is 6.42. The van der Waals surface area contributed by atoms with Gasteiger partial charge in [0.2, 0.25) is 0 Å². The number of aromatic nitrogens is 2. The van der Waals surface area contributed by atoms with Crippen LogP contribution in [0.2, 0.25) is 5.02 Å². The van der Waals surface area contributed by atoms with E-state index < -0.39 is 0 Å². The number of hydrogen-bond donors (Lipinski definition) is 1. The molecule has 1 saturated carbocycles. The number of halogens is 1. The van der Waals surface area contributed by atoms with Crippen LogP contribution >= 0.6 is 11.6 Å². The van der Waals surface area contributed by atoms with Crippen molar-refractivity contribution in [1.29, 1.82) is 0 Å². The zero-order chi connectivity index (χ0) is 15.4. The Labute approximate surface area is 134 Å². The number of rotatable bonds is 6. The maximum Gasteiger partial charge on any atom is 0.0847 e. The molecule has 1 atom stereocenters. The number of nitrogens with zero attached hydrogens (tertiary/aromatic N) is 2. The molecule has 0 aliphatic heterocycles. The minimum atomic E-state index is 0.529. The molecule has 1 unspecified atom stereocenters. The van der Waals surface area contributed by atoms with Gasteiger partial charge in [0.25, 0.3) is 0 Å². The molecule has 0 spiro atoms. The molecule has 0 bridgehead atoms. The molecule has 2 rings (SSSR count). The van der Waals surface area contributed by atoms with Gasteiger partial charge < -0.3 is 5.32 Å². The van der Waals surface area contributed by atoms with Crippen molar-refractivity contribution in [3.05, 3.63) is 16.4 Å². The van der Waals surface area contributed by atoms with Gasteiger partial charge in [-0.2, -0.15) is 5.10 Å². The quantitative estimate of drug-likeness (QED) is 0.853. The van der Waals surface area contributed by atoms with E-state index in [9.17, 15) is 0 Å². The van der Waals surface area contributed by atoms with Crippen LogP contribution in [-0.2, 0) is 13.0 Å². The van der Waals surface area contributed by atoms with Crippen molar-refractivity contribution in [2.45, 2.75) is 72.4 Å². The van der Waals surface area contributed by atoms with Crippen LogP contribution in [0.25, 0.3) is 0 Å². The first-order valence-electron chi connectivity index (χ1n) is 8.51. The molecule has 1 aromatic rings. The molecule has 4 heteroatoms. The fraction of sp³-hybridized carbons (Fsp3) is 0.824. The van der Waals surface area contributed by atoms with Crippen LogP contribution in [0.4, 0.5) is 0 Å². The van der Waals surface area contributed by atoms with E-state index in [0.717, 1.165) is 42.1 Å². The van der Waals surface area contributed by atoms with E-state index in [1.54, 1.807) is 0 Å². The molecule has 0 saturated heterocycles. The predicted molar refractivity (Wildman–Crippen MR) is 89.9 cm³/mol. The van der Waals surface area contributed by atoms with Crippen molar-refractivity contribution in [2.24, 2.45) is 11.8 Å². The number of likely N-dealkylation sites (N-methyl/N-ethyl adjacent to an activating group) is 1. The van der Waals surface area contributed by atoms with Gasteiger partial charge in [-0.25, -0.2) is 0 Å². The summed E-state index contributed by atoms with van der Waals surface area (Å²) >= 11 is 6.49. The summed E-state index contributed by atoms with van der Waals surface area (Å²) in [6, 6.07) is 0.529. The lowest BCUT2D eigenvalue weighted by molar-refractivity contribution is 0.228. The second kappa shape index (κ2) is 7.64. The van der Waals surface area contributed by atoms with E-state index in [1.807, 2.05) is 6.92 Å². The van der Waals surface area contributed by atoms with Crippen molar-refractivity contribution in [3.63, 3.8) is 0 Å². The van der Waals surface area contributed by atoms with Gasteiger partial charge in [0.05, 0.1) is 16.4 Å². The molecular formula is C17H30ClN3. The Morgan fingerprint density at radius 2 is 1.95 bits per heavy atom. The van der Waals surface area contributed by atoms with Gasteiger partial charge in [0, 0.05) is 19.0 Å². The minimum absolute atomic E-state index is 0.529. The van der Waals surface area contributed by atoms with E-state index in [1.165, 1.54) is 31.4 Å². The highest BCUT2D eigenvalue weighted by Crippen LogP contribution is 2.32. The summed E-state index contributed by atoms with van der Waals surface area (Å²) < 4.78 is 2.08. The highest BCUT2D eigenvalue weighted by Gasteiger charge is 2.27. The highest BCUT2D eigenvalue weighted by molar-refractivity contribution is 6.31. The third-order valence-corrected chi connectivity index (χ3v) is 5.45. The van der Waals surface area contributed by atoms with Gasteiger partial charge in [0.1, 0.15) is 0 Å². The Hall–Kier alpha value is -0.540. The highest BCUT2D eigenvalue weighted by atomic mass is 35.5. The summed E-state index contributed by atoms with van der Waals surface area (Å²) in [6.45, 7) is 10.6. The molecule has 120 valence electrons. The monoisotopic (exact) mass is 311 g/mol. The number of nitrogens with one attached hydrogen (secondary N) is 1. The molecule has 1 aliphatic carbocycles. The van der Waals surface area contributed by atoms with Gasteiger partial charge in [-0.1, -0.05) is 38.3 Å². The molecule has 21 heavy (non-hydrogen) atoms. The molecule has 1 heterocycles. The molecule has 1 fully saturated rings. The van der Waals surface area contributed by atoms with Gasteiger partial charge in [0.15, 0.2) is 0 Å². The van der Waals surface area contributed by atoms with Crippen LogP contribution in [0, 0.1) is 18.8 Å². The van der Waals surface area contributed by atoms with Crippen molar-refractivity contribution in [1.82, 2.24) is 15.1 Å². The first-order chi connectivity index (χ1) is 10.1. The number of hydrogen-bond acceptors (Lipinski definition) is 2. The Morgan fingerprint density at radius 1 is 1.29 bits per heavy atom. The van der Waals surface area contributed by atoms with E-state index in [2.05, 4.69) is 35.9 Å². The van der Waals surface area contributed by atoms with Crippen molar-refractivity contribution < 1.29 is 0 Å². The molecule has 3 nitrogen and oxygen atoms in total. The third kappa shape index (κ3) is 4.01. The van der Waals surface area contributed by atoms with Crippen LogP contribution in [0.5, 0.6) is 0 Å². The lowest BCUT2D eigenvalue weighted by Crippen LogP contribution is -2.40. The first kappa shape index (κ1) is 16.8. The lowest BCUT2D eigenvalue weighted by Gasteiger charge is -2.33. The Balaban J connectivity index is 2.12. The van der Waals surface area contributed by atoms with Gasteiger partial charge in [-0.05, 0) is 45.1 Å². The maximum absolute atomic E-state index is 6.49. The topological polar surface area (TPSA) is 29.9 Å². The molecule has 0 radical (unpaired) electrons. The third-order valence-electron chi connectivity index (χ3n) is 4.96. The molecular weight excluding hydrogens is 282 g/mol. The molecule has 1 N–H and O–H groups in total. The van der Waals surface area contributed by atoms with Crippen LogP contribution in [0.3, 0.4) is 0 Å². The normalized spacial score (nSPS) is 24.2. The standard InChI is InChI=1S/C17H30ClN3/c1-5-19-15(14-9-7-12(3)8-10-14)11-16-17(18)13(4)20-21(16)6-2/h12,14-15,19H,5-11H2,1-4H3. The summed E-state index contributed by atoms with van der Waals surface area (Å²) in [4.78, 5) is 0. The Morgan fingerprint density at radius 3 is 2.52 bits per heavy atom. The molecule has 0 aromatic carbocycles. The lowest BCUT2D eigenvalue weighted by atomic mass is 9.78. The van der Waals surface area contributed by atoms with Gasteiger partial charge in [-0.3, -0.25) is 4.68 Å². The Bertz CT molecular complexity index is 447. The van der Waals surface area contributed by atoms with Crippen molar-refractivity contribution in [2.75, 3.05) is 6.54 Å². The molecule has 0 amide bonds. The fourth-order valence-corrected chi connectivity index (χ4v) is 3.84. The first-order valence-corrected chi connectivity index (χ1v) is 8.89. The van der Waals surface area contributed by atoms with Crippen LogP contribution in [0.1, 0.15) is 57.8 Å².